The maximum absolute atomic E-state index is 12.4. The maximum atomic E-state index is 12.4. The number of carbonyl (C=O) groups excluding carboxylic acids is 1. The minimum Gasteiger partial charge on any atom is -0.337 e. The lowest BCUT2D eigenvalue weighted by Gasteiger charge is -2.20. The van der Waals surface area contributed by atoms with Crippen LogP contribution >= 0.6 is 0 Å². The van der Waals surface area contributed by atoms with E-state index < -0.39 is 18.1 Å². The molecule has 0 heterocycles. The largest absolute Gasteiger partial charge is 0.471 e. The molecule has 1 amide bonds. The number of nitrogens with one attached hydrogen (secondary N) is 1. The molecule has 0 aliphatic rings. The normalized spacial score (nSPS) is 11.4. The molecule has 104 valence electrons. The first-order chi connectivity index (χ1) is 9.48. The molecule has 0 aliphatic carbocycles. The van der Waals surface area contributed by atoms with Crippen LogP contribution < -0.4 is 5.32 Å². The van der Waals surface area contributed by atoms with Gasteiger partial charge in [0.05, 0.1) is 6.04 Å². The van der Waals surface area contributed by atoms with Gasteiger partial charge in [0.25, 0.3) is 0 Å². The number of alkyl halides is 3. The van der Waals surface area contributed by atoms with Gasteiger partial charge in [0.15, 0.2) is 0 Å². The summed E-state index contributed by atoms with van der Waals surface area (Å²) in [6.07, 6.45) is -4.90. The second-order valence-corrected chi connectivity index (χ2v) is 4.23. The average molecular weight is 279 g/mol. The molecule has 0 saturated heterocycles. The molecule has 2 rings (SSSR count). The number of rotatable bonds is 3. The third-order valence-electron chi connectivity index (χ3n) is 2.80. The summed E-state index contributed by atoms with van der Waals surface area (Å²) < 4.78 is 37.3. The van der Waals surface area contributed by atoms with Gasteiger partial charge in [-0.15, -0.1) is 0 Å². The molecule has 1 N–H and O–H groups in total. The van der Waals surface area contributed by atoms with Gasteiger partial charge in [-0.3, -0.25) is 4.79 Å². The zero-order valence-electron chi connectivity index (χ0n) is 10.4. The van der Waals surface area contributed by atoms with Gasteiger partial charge in [-0.25, -0.2) is 0 Å². The minimum atomic E-state index is -4.90. The lowest BCUT2D eigenvalue weighted by molar-refractivity contribution is -0.174. The van der Waals surface area contributed by atoms with Crippen molar-refractivity contribution in [1.29, 1.82) is 0 Å². The highest BCUT2D eigenvalue weighted by Gasteiger charge is 2.40. The SMILES string of the molecule is O=C(NC(c1ccccc1)c1ccccc1)C(F)(F)F. The summed E-state index contributed by atoms with van der Waals surface area (Å²) in [4.78, 5) is 11.2. The van der Waals surface area contributed by atoms with E-state index in [2.05, 4.69) is 0 Å². The lowest BCUT2D eigenvalue weighted by Crippen LogP contribution is -2.39. The smallest absolute Gasteiger partial charge is 0.337 e. The van der Waals surface area contributed by atoms with Crippen LogP contribution in [0.15, 0.2) is 60.7 Å². The van der Waals surface area contributed by atoms with E-state index in [4.69, 9.17) is 0 Å². The Labute approximate surface area is 114 Å². The van der Waals surface area contributed by atoms with Gasteiger partial charge in [0.1, 0.15) is 0 Å². The summed E-state index contributed by atoms with van der Waals surface area (Å²) in [6.45, 7) is 0. The fourth-order valence-corrected chi connectivity index (χ4v) is 1.86. The maximum Gasteiger partial charge on any atom is 0.471 e. The summed E-state index contributed by atoms with van der Waals surface area (Å²) in [6, 6.07) is 16.2. The first-order valence-electron chi connectivity index (χ1n) is 5.96. The molecule has 0 bridgehead atoms. The molecular formula is C15H12F3NO. The molecule has 2 aromatic rings. The molecule has 0 spiro atoms. The molecule has 2 nitrogen and oxygen atoms in total. The van der Waals surface area contributed by atoms with Gasteiger partial charge in [-0.2, -0.15) is 13.2 Å². The van der Waals surface area contributed by atoms with Crippen LogP contribution in [0.5, 0.6) is 0 Å². The summed E-state index contributed by atoms with van der Waals surface area (Å²) >= 11 is 0. The van der Waals surface area contributed by atoms with Gasteiger partial charge in [-0.1, -0.05) is 60.7 Å². The van der Waals surface area contributed by atoms with Crippen molar-refractivity contribution in [2.75, 3.05) is 0 Å². The van der Waals surface area contributed by atoms with Gasteiger partial charge in [0, 0.05) is 0 Å². The molecular weight excluding hydrogens is 267 g/mol. The highest BCUT2D eigenvalue weighted by atomic mass is 19.4. The standard InChI is InChI=1S/C15H12F3NO/c16-15(17,18)14(20)19-13(11-7-3-1-4-8-11)12-9-5-2-6-10-12/h1-10,13H,(H,19,20). The number of benzene rings is 2. The molecule has 5 heteroatoms. The predicted molar refractivity (Wildman–Crippen MR) is 68.9 cm³/mol. The molecule has 0 aromatic heterocycles. The first-order valence-corrected chi connectivity index (χ1v) is 5.96. The summed E-state index contributed by atoms with van der Waals surface area (Å²) in [5.41, 5.74) is 1.19. The average Bonchev–Trinajstić information content (AvgIpc) is 2.45. The molecule has 0 unspecified atom stereocenters. The van der Waals surface area contributed by atoms with E-state index in [-0.39, 0.29) is 0 Å². The Bertz CT molecular complexity index is 527. The summed E-state index contributed by atoms with van der Waals surface area (Å²) in [7, 11) is 0. The summed E-state index contributed by atoms with van der Waals surface area (Å²) in [5.74, 6) is -1.95. The van der Waals surface area contributed by atoms with Crippen molar-refractivity contribution in [3.05, 3.63) is 71.8 Å². The zero-order chi connectivity index (χ0) is 14.6. The zero-order valence-corrected chi connectivity index (χ0v) is 10.4. The minimum absolute atomic E-state index is 0.594. The highest BCUT2D eigenvalue weighted by Crippen LogP contribution is 2.24. The Morgan fingerprint density at radius 1 is 0.850 bits per heavy atom. The first kappa shape index (κ1) is 14.1. The molecule has 0 fully saturated rings. The van der Waals surface area contributed by atoms with Crippen LogP contribution in [0.1, 0.15) is 17.2 Å². The molecule has 0 radical (unpaired) electrons. The quantitative estimate of drug-likeness (QED) is 0.916. The number of halogens is 3. The number of amides is 1. The topological polar surface area (TPSA) is 29.1 Å². The van der Waals surface area contributed by atoms with E-state index in [1.807, 2.05) is 5.32 Å². The van der Waals surface area contributed by atoms with E-state index in [1.165, 1.54) is 0 Å². The van der Waals surface area contributed by atoms with Crippen molar-refractivity contribution in [3.63, 3.8) is 0 Å². The Kier molecular flexibility index (Phi) is 4.08. The van der Waals surface area contributed by atoms with Crippen LogP contribution in [0.3, 0.4) is 0 Å². The van der Waals surface area contributed by atoms with Crippen LogP contribution in [-0.2, 0) is 4.79 Å². The molecule has 0 atom stereocenters. The Balaban J connectivity index is 2.34. The van der Waals surface area contributed by atoms with Crippen molar-refractivity contribution in [3.8, 4) is 0 Å². The number of hydrogen-bond acceptors (Lipinski definition) is 1. The lowest BCUT2D eigenvalue weighted by atomic mass is 9.99. The fraction of sp³-hybridized carbons (Fsp3) is 0.133. The van der Waals surface area contributed by atoms with Gasteiger partial charge >= 0.3 is 12.1 Å². The van der Waals surface area contributed by atoms with Gasteiger partial charge < -0.3 is 5.32 Å². The van der Waals surface area contributed by atoms with Crippen LogP contribution in [0, 0.1) is 0 Å². The molecule has 20 heavy (non-hydrogen) atoms. The second kappa shape index (κ2) is 5.77. The van der Waals surface area contributed by atoms with Crippen molar-refractivity contribution in [2.24, 2.45) is 0 Å². The van der Waals surface area contributed by atoms with E-state index in [0.29, 0.717) is 11.1 Å². The van der Waals surface area contributed by atoms with E-state index in [1.54, 1.807) is 60.7 Å². The van der Waals surface area contributed by atoms with E-state index in [0.717, 1.165) is 0 Å². The Morgan fingerprint density at radius 3 is 1.60 bits per heavy atom. The summed E-state index contributed by atoms with van der Waals surface area (Å²) in [5, 5.41) is 2.03. The highest BCUT2D eigenvalue weighted by molar-refractivity contribution is 5.82. The van der Waals surface area contributed by atoms with Gasteiger partial charge in [-0.05, 0) is 11.1 Å². The number of carbonyl (C=O) groups is 1. The molecule has 2 aromatic carbocycles. The van der Waals surface area contributed by atoms with Gasteiger partial charge in [0.2, 0.25) is 0 Å². The van der Waals surface area contributed by atoms with Crippen molar-refractivity contribution >= 4 is 5.91 Å². The predicted octanol–water partition coefficient (Wildman–Crippen LogP) is 3.45. The van der Waals surface area contributed by atoms with Crippen LogP contribution in [0.2, 0.25) is 0 Å². The Hall–Kier alpha value is -2.30. The van der Waals surface area contributed by atoms with E-state index >= 15 is 0 Å². The molecule has 0 saturated carbocycles. The third kappa shape index (κ3) is 3.38. The Morgan fingerprint density at radius 2 is 1.25 bits per heavy atom. The van der Waals surface area contributed by atoms with Crippen LogP contribution in [-0.4, -0.2) is 12.1 Å². The van der Waals surface area contributed by atoms with Crippen LogP contribution in [0.4, 0.5) is 13.2 Å². The third-order valence-corrected chi connectivity index (χ3v) is 2.80. The fourth-order valence-electron chi connectivity index (χ4n) is 1.86. The van der Waals surface area contributed by atoms with Crippen molar-refractivity contribution in [2.45, 2.75) is 12.2 Å². The van der Waals surface area contributed by atoms with Crippen LogP contribution in [0.25, 0.3) is 0 Å². The van der Waals surface area contributed by atoms with Crippen molar-refractivity contribution < 1.29 is 18.0 Å². The second-order valence-electron chi connectivity index (χ2n) is 4.23. The van der Waals surface area contributed by atoms with Crippen molar-refractivity contribution in [1.82, 2.24) is 5.32 Å². The number of hydrogen-bond donors (Lipinski definition) is 1. The monoisotopic (exact) mass is 279 g/mol. The molecule has 0 aliphatic heterocycles. The van der Waals surface area contributed by atoms with E-state index in [9.17, 15) is 18.0 Å².